The minimum absolute atomic E-state index is 0.661. The van der Waals surface area contributed by atoms with Crippen molar-refractivity contribution in [3.05, 3.63) is 171 Å². The second-order valence-electron chi connectivity index (χ2n) is 11.3. The highest BCUT2D eigenvalue weighted by atomic mass is 14.9. The van der Waals surface area contributed by atoms with Crippen LogP contribution in [0.4, 0.5) is 0 Å². The van der Waals surface area contributed by atoms with Crippen LogP contribution < -0.4 is 0 Å². The van der Waals surface area contributed by atoms with Gasteiger partial charge in [0.05, 0.1) is 0 Å². The van der Waals surface area contributed by atoms with Crippen LogP contribution in [0, 0.1) is 0 Å². The molecule has 0 amide bonds. The molecule has 3 aromatic carbocycles. The van der Waals surface area contributed by atoms with E-state index < -0.39 is 0 Å². The first-order valence-electron chi connectivity index (χ1n) is 15.6. The van der Waals surface area contributed by atoms with Crippen molar-refractivity contribution in [1.82, 2.24) is 29.9 Å². The van der Waals surface area contributed by atoms with Gasteiger partial charge in [-0.15, -0.1) is 0 Å². The largest absolute Gasteiger partial charge is 0.265 e. The Balaban J connectivity index is 1.43. The molecule has 8 rings (SSSR count). The quantitative estimate of drug-likeness (QED) is 0.177. The highest BCUT2D eigenvalue weighted by molar-refractivity contribution is 5.97. The number of aromatic nitrogens is 6. The van der Waals surface area contributed by atoms with Gasteiger partial charge in [0.25, 0.3) is 0 Å². The zero-order valence-corrected chi connectivity index (χ0v) is 25.8. The molecule has 226 valence electrons. The summed E-state index contributed by atoms with van der Waals surface area (Å²) in [6.45, 7) is 0. The van der Waals surface area contributed by atoms with Gasteiger partial charge in [-0.25, -0.2) is 9.97 Å². The fourth-order valence-electron chi connectivity index (χ4n) is 6.13. The zero-order chi connectivity index (χ0) is 32.1. The van der Waals surface area contributed by atoms with Gasteiger partial charge in [-0.05, 0) is 152 Å². The molecular weight excluding hydrogens is 589 g/mol. The molecule has 5 aromatic heterocycles. The summed E-state index contributed by atoms with van der Waals surface area (Å²) >= 11 is 0. The predicted octanol–water partition coefficient (Wildman–Crippen LogP) is 9.73. The fourth-order valence-corrected chi connectivity index (χ4v) is 6.13. The monoisotopic (exact) mass is 616 g/mol. The van der Waals surface area contributed by atoms with Crippen molar-refractivity contribution in [2.45, 2.75) is 0 Å². The Kier molecular flexibility index (Phi) is 7.79. The van der Waals surface area contributed by atoms with Crippen LogP contribution in [-0.2, 0) is 0 Å². The Morgan fingerprint density at radius 3 is 1.04 bits per heavy atom. The lowest BCUT2D eigenvalue weighted by Gasteiger charge is -2.19. The Hall–Kier alpha value is -6.66. The van der Waals surface area contributed by atoms with Crippen LogP contribution in [0.25, 0.3) is 78.1 Å². The molecular formula is C42H28N6. The van der Waals surface area contributed by atoms with Gasteiger partial charge in [0.15, 0.2) is 5.82 Å². The highest BCUT2D eigenvalue weighted by Crippen LogP contribution is 2.43. The van der Waals surface area contributed by atoms with Crippen LogP contribution in [0.2, 0.25) is 0 Å². The number of hydrogen-bond acceptors (Lipinski definition) is 6. The number of rotatable bonds is 7. The van der Waals surface area contributed by atoms with Crippen LogP contribution in [0.3, 0.4) is 0 Å². The molecule has 48 heavy (non-hydrogen) atoms. The molecule has 0 fully saturated rings. The Labute approximate surface area is 278 Å². The van der Waals surface area contributed by atoms with Crippen molar-refractivity contribution >= 4 is 0 Å². The van der Waals surface area contributed by atoms with Crippen molar-refractivity contribution in [1.29, 1.82) is 0 Å². The molecule has 0 saturated heterocycles. The standard InChI is InChI=1S/C42H28N6/c1-3-39(37-25-33(29-5-15-43-16-6-29)23-34(26-37)30-7-17-44-18-8-30)41(40(4-1)42-47-13-2-14-48-42)38-27-35(31-9-19-45-20-10-31)24-36(28-38)32-11-21-46-22-12-32/h1-28H. The summed E-state index contributed by atoms with van der Waals surface area (Å²) in [5, 5.41) is 0. The first-order valence-corrected chi connectivity index (χ1v) is 15.6. The summed E-state index contributed by atoms with van der Waals surface area (Å²) in [7, 11) is 0. The van der Waals surface area contributed by atoms with Crippen LogP contribution >= 0.6 is 0 Å². The Morgan fingerprint density at radius 1 is 0.271 bits per heavy atom. The van der Waals surface area contributed by atoms with E-state index in [4.69, 9.17) is 9.97 Å². The number of hydrogen-bond donors (Lipinski definition) is 0. The van der Waals surface area contributed by atoms with Crippen LogP contribution in [-0.4, -0.2) is 29.9 Å². The van der Waals surface area contributed by atoms with E-state index in [1.807, 2.05) is 104 Å². The maximum Gasteiger partial charge on any atom is 0.159 e. The lowest BCUT2D eigenvalue weighted by atomic mass is 9.85. The van der Waals surface area contributed by atoms with E-state index in [9.17, 15) is 0 Å². The lowest BCUT2D eigenvalue weighted by molar-refractivity contribution is 1.18. The van der Waals surface area contributed by atoms with Gasteiger partial charge in [0.2, 0.25) is 0 Å². The van der Waals surface area contributed by atoms with Crippen LogP contribution in [0.5, 0.6) is 0 Å². The molecule has 6 nitrogen and oxygen atoms in total. The molecule has 0 spiro atoms. The molecule has 0 bridgehead atoms. The number of benzene rings is 3. The van der Waals surface area contributed by atoms with E-state index in [1.54, 1.807) is 12.4 Å². The molecule has 0 aliphatic heterocycles. The third-order valence-electron chi connectivity index (χ3n) is 8.39. The minimum Gasteiger partial charge on any atom is -0.265 e. The van der Waals surface area contributed by atoms with Crippen LogP contribution in [0.1, 0.15) is 0 Å². The second-order valence-corrected chi connectivity index (χ2v) is 11.3. The van der Waals surface area contributed by atoms with Crippen molar-refractivity contribution < 1.29 is 0 Å². The average molecular weight is 617 g/mol. The van der Waals surface area contributed by atoms with E-state index in [0.717, 1.165) is 72.3 Å². The van der Waals surface area contributed by atoms with E-state index in [0.29, 0.717) is 5.82 Å². The summed E-state index contributed by atoms with van der Waals surface area (Å²) in [5.74, 6) is 0.661. The molecule has 8 aromatic rings. The third-order valence-corrected chi connectivity index (χ3v) is 8.39. The van der Waals surface area contributed by atoms with Crippen LogP contribution in [0.15, 0.2) is 171 Å². The second kappa shape index (κ2) is 13.0. The van der Waals surface area contributed by atoms with E-state index in [-0.39, 0.29) is 0 Å². The van der Waals surface area contributed by atoms with Gasteiger partial charge in [-0.3, -0.25) is 19.9 Å². The minimum atomic E-state index is 0.661. The lowest BCUT2D eigenvalue weighted by Crippen LogP contribution is -1.96. The molecule has 0 aliphatic rings. The number of nitrogens with zero attached hydrogens (tertiary/aromatic N) is 6. The molecule has 0 atom stereocenters. The molecule has 0 N–H and O–H groups in total. The average Bonchev–Trinajstić information content (AvgIpc) is 3.19. The topological polar surface area (TPSA) is 77.3 Å². The summed E-state index contributed by atoms with van der Waals surface area (Å²) in [6, 6.07) is 38.0. The summed E-state index contributed by atoms with van der Waals surface area (Å²) in [6.07, 6.45) is 18.2. The maximum absolute atomic E-state index is 4.72. The first-order chi connectivity index (χ1) is 23.8. The molecule has 0 aliphatic carbocycles. The van der Waals surface area contributed by atoms with E-state index >= 15 is 0 Å². The van der Waals surface area contributed by atoms with Gasteiger partial charge >= 0.3 is 0 Å². The molecule has 0 saturated carbocycles. The van der Waals surface area contributed by atoms with Gasteiger partial charge in [0, 0.05) is 73.1 Å². The summed E-state index contributed by atoms with van der Waals surface area (Å²) < 4.78 is 0. The molecule has 6 heteroatoms. The Bertz CT molecular complexity index is 2200. The van der Waals surface area contributed by atoms with Gasteiger partial charge in [0.1, 0.15) is 0 Å². The van der Waals surface area contributed by atoms with Gasteiger partial charge in [-0.2, -0.15) is 0 Å². The number of pyridine rings is 4. The normalized spacial score (nSPS) is 10.9. The fraction of sp³-hybridized carbons (Fsp3) is 0. The third kappa shape index (κ3) is 5.86. The summed E-state index contributed by atoms with van der Waals surface area (Å²) in [4.78, 5) is 26.5. The molecule has 5 heterocycles. The molecule has 0 unspecified atom stereocenters. The van der Waals surface area contributed by atoms with Crippen molar-refractivity contribution in [2.75, 3.05) is 0 Å². The highest BCUT2D eigenvalue weighted by Gasteiger charge is 2.19. The van der Waals surface area contributed by atoms with Gasteiger partial charge in [-0.1, -0.05) is 18.2 Å². The molecule has 0 radical (unpaired) electrons. The van der Waals surface area contributed by atoms with E-state index in [1.165, 1.54) is 0 Å². The van der Waals surface area contributed by atoms with Crippen molar-refractivity contribution in [3.63, 3.8) is 0 Å². The van der Waals surface area contributed by atoms with Gasteiger partial charge < -0.3 is 0 Å². The van der Waals surface area contributed by atoms with E-state index in [2.05, 4.69) is 74.5 Å². The SMILES string of the molecule is c1cnc(-c2cccc(-c3cc(-c4ccncc4)cc(-c4ccncc4)c3)c2-c2cc(-c3ccncc3)cc(-c3ccncc3)c2)nc1. The smallest absolute Gasteiger partial charge is 0.159 e. The van der Waals surface area contributed by atoms with Crippen molar-refractivity contribution in [2.24, 2.45) is 0 Å². The maximum atomic E-state index is 4.72. The zero-order valence-electron chi connectivity index (χ0n) is 25.8. The van der Waals surface area contributed by atoms with Crippen molar-refractivity contribution in [3.8, 4) is 78.1 Å². The predicted molar refractivity (Wildman–Crippen MR) is 191 cm³/mol. The Morgan fingerprint density at radius 2 is 0.625 bits per heavy atom. The first kappa shape index (κ1) is 28.8. The summed E-state index contributed by atoms with van der Waals surface area (Å²) in [5.41, 5.74) is 13.9.